The predicted molar refractivity (Wildman–Crippen MR) is 132 cm³/mol. The van der Waals surface area contributed by atoms with Crippen LogP contribution in [-0.4, -0.2) is 23.9 Å². The molecule has 1 aromatic heterocycles. The largest absolute Gasteiger partial charge is 0.495 e. The van der Waals surface area contributed by atoms with Gasteiger partial charge in [-0.1, -0.05) is 29.8 Å². The van der Waals surface area contributed by atoms with Gasteiger partial charge in [0.1, 0.15) is 11.6 Å². The molecule has 0 aliphatic heterocycles. The molecule has 174 valence electrons. The fourth-order valence-corrected chi connectivity index (χ4v) is 3.91. The summed E-state index contributed by atoms with van der Waals surface area (Å²) in [6.07, 6.45) is 3.77. The van der Waals surface area contributed by atoms with Crippen molar-refractivity contribution in [2.45, 2.75) is 19.3 Å². The van der Waals surface area contributed by atoms with Crippen LogP contribution in [0.5, 0.6) is 5.75 Å². The topological polar surface area (TPSA) is 83.2 Å². The summed E-state index contributed by atoms with van der Waals surface area (Å²) in [6.45, 7) is 0. The molecule has 3 N–H and O–H groups in total. The van der Waals surface area contributed by atoms with Crippen molar-refractivity contribution in [3.63, 3.8) is 0 Å². The molecular weight excluding hydrogens is 457 g/mol. The molecule has 0 fully saturated rings. The lowest BCUT2D eigenvalue weighted by Gasteiger charge is -2.13. The van der Waals surface area contributed by atoms with Gasteiger partial charge < -0.3 is 20.4 Å². The molecule has 3 aromatic carbocycles. The van der Waals surface area contributed by atoms with Gasteiger partial charge in [0.2, 0.25) is 5.91 Å². The Hall–Kier alpha value is -3.84. The molecule has 4 rings (SSSR count). The number of anilines is 2. The monoisotopic (exact) mass is 479 g/mol. The summed E-state index contributed by atoms with van der Waals surface area (Å²) in [6, 6.07) is 16.7. The van der Waals surface area contributed by atoms with Gasteiger partial charge in [-0.15, -0.1) is 0 Å². The predicted octanol–water partition coefficient (Wildman–Crippen LogP) is 6.18. The Bertz CT molecular complexity index is 1350. The Morgan fingerprint density at radius 1 is 1.06 bits per heavy atom. The van der Waals surface area contributed by atoms with Gasteiger partial charge in [-0.05, 0) is 60.9 Å². The highest BCUT2D eigenvalue weighted by Crippen LogP contribution is 2.29. The molecule has 0 atom stereocenters. The van der Waals surface area contributed by atoms with Crippen LogP contribution in [0.15, 0.2) is 66.9 Å². The van der Waals surface area contributed by atoms with E-state index < -0.39 is 11.7 Å². The van der Waals surface area contributed by atoms with E-state index in [1.165, 1.54) is 24.8 Å². The van der Waals surface area contributed by atoms with E-state index in [2.05, 4.69) is 21.7 Å². The molecule has 34 heavy (non-hydrogen) atoms. The summed E-state index contributed by atoms with van der Waals surface area (Å²) in [5.74, 6) is -1.16. The number of aromatic nitrogens is 1. The number of amides is 2. The quantitative estimate of drug-likeness (QED) is 0.282. The first-order valence-electron chi connectivity index (χ1n) is 10.7. The summed E-state index contributed by atoms with van der Waals surface area (Å²) in [5, 5.41) is 6.82. The lowest BCUT2D eigenvalue weighted by atomic mass is 10.1. The maximum absolute atomic E-state index is 14.1. The fraction of sp³-hybridized carbons (Fsp3) is 0.154. The number of benzene rings is 3. The number of nitrogens with one attached hydrogen (secondary N) is 3. The molecule has 1 heterocycles. The second kappa shape index (κ2) is 10.4. The van der Waals surface area contributed by atoms with Crippen LogP contribution in [0.3, 0.4) is 0 Å². The van der Waals surface area contributed by atoms with E-state index in [0.29, 0.717) is 30.0 Å². The van der Waals surface area contributed by atoms with E-state index in [4.69, 9.17) is 16.3 Å². The van der Waals surface area contributed by atoms with Crippen LogP contribution in [-0.2, 0) is 11.2 Å². The normalized spacial score (nSPS) is 10.8. The van der Waals surface area contributed by atoms with Gasteiger partial charge >= 0.3 is 0 Å². The number of aromatic amines is 1. The molecule has 0 saturated carbocycles. The van der Waals surface area contributed by atoms with Crippen LogP contribution in [0, 0.1) is 5.82 Å². The van der Waals surface area contributed by atoms with Gasteiger partial charge in [-0.3, -0.25) is 9.59 Å². The second-order valence-corrected chi connectivity index (χ2v) is 8.19. The zero-order chi connectivity index (χ0) is 24.1. The van der Waals surface area contributed by atoms with Crippen LogP contribution in [0.1, 0.15) is 28.8 Å². The molecule has 0 saturated heterocycles. The van der Waals surface area contributed by atoms with Crippen LogP contribution in [0.2, 0.25) is 5.02 Å². The number of rotatable bonds is 8. The van der Waals surface area contributed by atoms with Crippen molar-refractivity contribution in [3.05, 3.63) is 88.8 Å². The maximum atomic E-state index is 14.1. The first-order valence-corrected chi connectivity index (χ1v) is 11.1. The van der Waals surface area contributed by atoms with Crippen LogP contribution < -0.4 is 15.4 Å². The van der Waals surface area contributed by atoms with Gasteiger partial charge in [-0.2, -0.15) is 0 Å². The van der Waals surface area contributed by atoms with Crippen LogP contribution >= 0.6 is 11.6 Å². The third-order valence-electron chi connectivity index (χ3n) is 5.43. The fourth-order valence-electron chi connectivity index (χ4n) is 3.75. The average Bonchev–Trinajstić information content (AvgIpc) is 3.22. The van der Waals surface area contributed by atoms with Crippen molar-refractivity contribution in [1.29, 1.82) is 0 Å². The molecular formula is C26H23ClFN3O3. The highest BCUT2D eigenvalue weighted by molar-refractivity contribution is 6.30. The zero-order valence-corrected chi connectivity index (χ0v) is 19.2. The lowest BCUT2D eigenvalue weighted by molar-refractivity contribution is -0.116. The molecule has 0 spiro atoms. The number of methoxy groups -OCH3 is 1. The van der Waals surface area contributed by atoms with E-state index in [1.54, 1.807) is 18.2 Å². The van der Waals surface area contributed by atoms with E-state index in [0.717, 1.165) is 23.4 Å². The SMILES string of the molecule is COc1ccc(NC(=O)CCCc2c[nH]c3ccccc23)cc1NC(=O)c1ccc(Cl)cc1F. The Morgan fingerprint density at radius 2 is 1.88 bits per heavy atom. The number of aryl methyl sites for hydroxylation is 1. The number of carbonyl (C=O) groups excluding carboxylic acids is 2. The second-order valence-electron chi connectivity index (χ2n) is 7.75. The van der Waals surface area contributed by atoms with Crippen LogP contribution in [0.4, 0.5) is 15.8 Å². The Balaban J connectivity index is 1.38. The molecule has 6 nitrogen and oxygen atoms in total. The smallest absolute Gasteiger partial charge is 0.258 e. The number of hydrogen-bond acceptors (Lipinski definition) is 3. The number of hydrogen-bond donors (Lipinski definition) is 3. The number of ether oxygens (including phenoxy) is 1. The number of H-pyrrole nitrogens is 1. The number of halogens is 2. The molecule has 4 aromatic rings. The Labute approximate surface area is 201 Å². The molecule has 0 unspecified atom stereocenters. The molecule has 0 aliphatic rings. The van der Waals surface area contributed by atoms with Gasteiger partial charge in [0.05, 0.1) is 18.4 Å². The summed E-state index contributed by atoms with van der Waals surface area (Å²) >= 11 is 5.76. The Kier molecular flexibility index (Phi) is 7.13. The maximum Gasteiger partial charge on any atom is 0.258 e. The van der Waals surface area contributed by atoms with Crippen molar-refractivity contribution < 1.29 is 18.7 Å². The highest BCUT2D eigenvalue weighted by atomic mass is 35.5. The highest BCUT2D eigenvalue weighted by Gasteiger charge is 2.15. The third kappa shape index (κ3) is 5.38. The minimum atomic E-state index is -0.733. The summed E-state index contributed by atoms with van der Waals surface area (Å²) in [4.78, 5) is 28.3. The molecule has 0 aliphatic carbocycles. The van der Waals surface area contributed by atoms with Crippen LogP contribution in [0.25, 0.3) is 10.9 Å². The van der Waals surface area contributed by atoms with Crippen molar-refractivity contribution in [2.24, 2.45) is 0 Å². The van der Waals surface area contributed by atoms with E-state index in [-0.39, 0.29) is 16.5 Å². The summed E-state index contributed by atoms with van der Waals surface area (Å²) in [5.41, 5.74) is 2.89. The average molecular weight is 480 g/mol. The first-order chi connectivity index (χ1) is 16.4. The van der Waals surface area contributed by atoms with E-state index in [9.17, 15) is 14.0 Å². The number of fused-ring (bicyclic) bond motifs is 1. The van der Waals surface area contributed by atoms with Crippen molar-refractivity contribution in [1.82, 2.24) is 4.98 Å². The van der Waals surface area contributed by atoms with E-state index in [1.807, 2.05) is 24.4 Å². The van der Waals surface area contributed by atoms with Gasteiger partial charge in [0.15, 0.2) is 0 Å². The van der Waals surface area contributed by atoms with Gasteiger partial charge in [0, 0.05) is 34.2 Å². The lowest BCUT2D eigenvalue weighted by Crippen LogP contribution is -2.15. The summed E-state index contributed by atoms with van der Waals surface area (Å²) in [7, 11) is 1.46. The zero-order valence-electron chi connectivity index (χ0n) is 18.5. The molecule has 0 bridgehead atoms. The third-order valence-corrected chi connectivity index (χ3v) is 5.67. The minimum absolute atomic E-state index is 0.147. The van der Waals surface area contributed by atoms with Gasteiger partial charge in [-0.25, -0.2) is 4.39 Å². The van der Waals surface area contributed by atoms with Crippen molar-refractivity contribution in [3.8, 4) is 5.75 Å². The minimum Gasteiger partial charge on any atom is -0.495 e. The standard InChI is InChI=1S/C26H23ClFN3O3/c1-34-24-12-10-18(14-23(24)31-26(33)20-11-9-17(27)13-21(20)28)30-25(32)8-4-5-16-15-29-22-7-3-2-6-19(16)22/h2-3,6-7,9-15,29H,4-5,8H2,1H3,(H,30,32)(H,31,33). The number of carbonyl (C=O) groups is 2. The summed E-state index contributed by atoms with van der Waals surface area (Å²) < 4.78 is 19.4. The Morgan fingerprint density at radius 3 is 2.68 bits per heavy atom. The van der Waals surface area contributed by atoms with Crippen molar-refractivity contribution >= 4 is 45.7 Å². The van der Waals surface area contributed by atoms with Gasteiger partial charge in [0.25, 0.3) is 5.91 Å². The molecule has 8 heteroatoms. The first kappa shape index (κ1) is 23.3. The number of para-hydroxylation sites is 1. The molecule has 0 radical (unpaired) electrons. The van der Waals surface area contributed by atoms with Crippen molar-refractivity contribution in [2.75, 3.05) is 17.7 Å². The molecule has 2 amide bonds. The van der Waals surface area contributed by atoms with E-state index >= 15 is 0 Å².